The van der Waals surface area contributed by atoms with Gasteiger partial charge in [0.2, 0.25) is 11.6 Å². The first kappa shape index (κ1) is 19.9. The number of ketones is 3. The van der Waals surface area contributed by atoms with E-state index >= 15 is 0 Å². The highest BCUT2D eigenvalue weighted by Gasteiger charge is 2.23. The lowest BCUT2D eigenvalue weighted by atomic mass is 10.0. The number of Topliss-reactive ketones (excluding diaryl/α,β-unsaturated/α-hetero) is 1. The molecule has 0 atom stereocenters. The Bertz CT molecular complexity index is 1260. The molecular weight excluding hydrogens is 388 g/mol. The first-order valence-electron chi connectivity index (χ1n) is 9.69. The van der Waals surface area contributed by atoms with Crippen LogP contribution in [0.3, 0.4) is 0 Å². The molecule has 5 nitrogen and oxygen atoms in total. The number of allylic oxidation sites excluding steroid dienone is 2. The van der Waals surface area contributed by atoms with E-state index in [1.54, 1.807) is 78.9 Å². The Morgan fingerprint density at radius 2 is 1.19 bits per heavy atom. The number of hydrogen-bond acceptors (Lipinski definition) is 4. The van der Waals surface area contributed by atoms with Crippen LogP contribution in [0.5, 0.6) is 0 Å². The van der Waals surface area contributed by atoms with E-state index in [4.69, 9.17) is 0 Å². The Hall–Kier alpha value is -4.38. The Morgan fingerprint density at radius 3 is 1.77 bits per heavy atom. The third-order valence-electron chi connectivity index (χ3n) is 4.73. The maximum absolute atomic E-state index is 13.3. The van der Waals surface area contributed by atoms with E-state index in [1.807, 2.05) is 12.1 Å². The van der Waals surface area contributed by atoms with Crippen LogP contribution in [0.25, 0.3) is 5.70 Å². The largest absolute Gasteiger partial charge is 0.293 e. The lowest BCUT2D eigenvalue weighted by Crippen LogP contribution is -2.17. The summed E-state index contributed by atoms with van der Waals surface area (Å²) in [4.78, 5) is 43.5. The lowest BCUT2D eigenvalue weighted by Gasteiger charge is -2.11. The Labute approximate surface area is 179 Å². The van der Waals surface area contributed by atoms with Crippen LogP contribution in [-0.2, 0) is 0 Å². The molecule has 3 aromatic carbocycles. The molecule has 0 radical (unpaired) electrons. The molecule has 0 fully saturated rings. The summed E-state index contributed by atoms with van der Waals surface area (Å²) >= 11 is 0. The molecule has 150 valence electrons. The van der Waals surface area contributed by atoms with Gasteiger partial charge in [0.25, 0.3) is 0 Å². The molecule has 4 aromatic rings. The second kappa shape index (κ2) is 8.97. The predicted molar refractivity (Wildman–Crippen MR) is 118 cm³/mol. The fraction of sp³-hybridized carbons (Fsp3) is 0. The molecule has 0 aliphatic carbocycles. The molecule has 0 spiro atoms. The SMILES string of the molecule is O=C(/C=C(\C(=O)c1ccccc1)n1ccnc1C(=O)c1ccccc1)c1ccccc1. The molecule has 1 heterocycles. The monoisotopic (exact) mass is 406 g/mol. The van der Waals surface area contributed by atoms with Crippen LogP contribution in [0.15, 0.2) is 109 Å². The summed E-state index contributed by atoms with van der Waals surface area (Å²) in [6.07, 6.45) is 4.21. The topological polar surface area (TPSA) is 69.0 Å². The minimum absolute atomic E-state index is 0.0526. The summed E-state index contributed by atoms with van der Waals surface area (Å²) in [5.74, 6) is -1.01. The molecule has 0 bridgehead atoms. The van der Waals surface area contributed by atoms with Crippen LogP contribution in [0.1, 0.15) is 36.9 Å². The van der Waals surface area contributed by atoms with Crippen molar-refractivity contribution < 1.29 is 14.4 Å². The maximum atomic E-state index is 13.3. The van der Waals surface area contributed by atoms with Gasteiger partial charge >= 0.3 is 0 Å². The predicted octanol–water partition coefficient (Wildman–Crippen LogP) is 4.72. The number of nitrogens with zero attached hydrogens (tertiary/aromatic N) is 2. The molecule has 0 aliphatic heterocycles. The van der Waals surface area contributed by atoms with Crippen molar-refractivity contribution in [3.8, 4) is 0 Å². The zero-order valence-electron chi connectivity index (χ0n) is 16.5. The van der Waals surface area contributed by atoms with Gasteiger partial charge in [0.15, 0.2) is 11.6 Å². The Kier molecular flexibility index (Phi) is 5.76. The van der Waals surface area contributed by atoms with Crippen molar-refractivity contribution in [3.05, 3.63) is 132 Å². The van der Waals surface area contributed by atoms with E-state index < -0.39 is 0 Å². The number of carbonyl (C=O) groups is 3. The third kappa shape index (κ3) is 4.31. The highest BCUT2D eigenvalue weighted by atomic mass is 16.1. The summed E-state index contributed by atoms with van der Waals surface area (Å²) in [6, 6.07) is 26.0. The number of rotatable bonds is 7. The van der Waals surface area contributed by atoms with Crippen LogP contribution < -0.4 is 0 Å². The summed E-state index contributed by atoms with van der Waals surface area (Å²) in [5, 5.41) is 0. The number of carbonyl (C=O) groups excluding carboxylic acids is 3. The van der Waals surface area contributed by atoms with Gasteiger partial charge in [0.05, 0.1) is 5.70 Å². The van der Waals surface area contributed by atoms with Gasteiger partial charge in [0, 0.05) is 35.2 Å². The number of aromatic nitrogens is 2. The molecular formula is C26H18N2O3. The Balaban J connectivity index is 1.82. The first-order chi connectivity index (χ1) is 15.1. The molecule has 0 amide bonds. The summed E-state index contributed by atoms with van der Waals surface area (Å²) in [5.41, 5.74) is 1.34. The lowest BCUT2D eigenvalue weighted by molar-refractivity contribution is 0.101. The van der Waals surface area contributed by atoms with E-state index in [-0.39, 0.29) is 28.9 Å². The number of hydrogen-bond donors (Lipinski definition) is 0. The molecule has 1 aromatic heterocycles. The summed E-state index contributed by atoms with van der Waals surface area (Å²) in [7, 11) is 0. The molecule has 0 saturated heterocycles. The highest BCUT2D eigenvalue weighted by molar-refractivity contribution is 6.29. The zero-order chi connectivity index (χ0) is 21.6. The molecule has 0 N–H and O–H groups in total. The molecule has 31 heavy (non-hydrogen) atoms. The average Bonchev–Trinajstić information content (AvgIpc) is 3.32. The standard InChI is InChI=1S/C26H18N2O3/c29-23(19-10-4-1-5-11-19)18-22(24(30)20-12-6-2-7-13-20)28-17-16-27-26(28)25(31)21-14-8-3-9-15-21/h1-18H/b22-18+. The normalized spacial score (nSPS) is 11.2. The fourth-order valence-corrected chi connectivity index (χ4v) is 3.18. The van der Waals surface area contributed by atoms with E-state index in [0.29, 0.717) is 16.7 Å². The minimum Gasteiger partial charge on any atom is -0.293 e. The first-order valence-corrected chi connectivity index (χ1v) is 9.69. The summed E-state index contributed by atoms with van der Waals surface area (Å²) < 4.78 is 1.38. The highest BCUT2D eigenvalue weighted by Crippen LogP contribution is 2.19. The van der Waals surface area contributed by atoms with Gasteiger partial charge < -0.3 is 0 Å². The van der Waals surface area contributed by atoms with Gasteiger partial charge in [-0.1, -0.05) is 91.0 Å². The van der Waals surface area contributed by atoms with Crippen molar-refractivity contribution in [2.75, 3.05) is 0 Å². The van der Waals surface area contributed by atoms with Gasteiger partial charge in [-0.05, 0) is 0 Å². The van der Waals surface area contributed by atoms with E-state index in [9.17, 15) is 14.4 Å². The Morgan fingerprint density at radius 1 is 0.677 bits per heavy atom. The van der Waals surface area contributed by atoms with E-state index in [1.165, 1.54) is 23.0 Å². The van der Waals surface area contributed by atoms with Gasteiger partial charge in [-0.25, -0.2) is 4.98 Å². The van der Waals surface area contributed by atoms with Gasteiger partial charge in [-0.2, -0.15) is 0 Å². The van der Waals surface area contributed by atoms with Crippen molar-refractivity contribution in [1.29, 1.82) is 0 Å². The van der Waals surface area contributed by atoms with E-state index in [2.05, 4.69) is 4.98 Å². The van der Waals surface area contributed by atoms with Crippen LogP contribution in [0.4, 0.5) is 0 Å². The van der Waals surface area contributed by atoms with Crippen LogP contribution in [0, 0.1) is 0 Å². The smallest absolute Gasteiger partial charge is 0.228 e. The minimum atomic E-state index is -0.384. The van der Waals surface area contributed by atoms with Gasteiger partial charge in [-0.3, -0.25) is 19.0 Å². The average molecular weight is 406 g/mol. The van der Waals surface area contributed by atoms with Crippen LogP contribution in [0.2, 0.25) is 0 Å². The van der Waals surface area contributed by atoms with Crippen molar-refractivity contribution in [1.82, 2.24) is 9.55 Å². The second-order valence-electron chi connectivity index (χ2n) is 6.77. The summed E-state index contributed by atoms with van der Waals surface area (Å²) in [6.45, 7) is 0. The van der Waals surface area contributed by atoms with Crippen molar-refractivity contribution in [2.24, 2.45) is 0 Å². The number of imidazole rings is 1. The van der Waals surface area contributed by atoms with E-state index in [0.717, 1.165) is 0 Å². The van der Waals surface area contributed by atoms with Crippen molar-refractivity contribution in [3.63, 3.8) is 0 Å². The number of benzene rings is 3. The van der Waals surface area contributed by atoms with Gasteiger partial charge in [0.1, 0.15) is 0 Å². The van der Waals surface area contributed by atoms with Gasteiger partial charge in [-0.15, -0.1) is 0 Å². The van der Waals surface area contributed by atoms with Crippen LogP contribution in [-0.4, -0.2) is 26.9 Å². The fourth-order valence-electron chi connectivity index (χ4n) is 3.18. The third-order valence-corrected chi connectivity index (χ3v) is 4.73. The molecule has 4 rings (SSSR count). The molecule has 5 heteroatoms. The van der Waals surface area contributed by atoms with Crippen molar-refractivity contribution >= 4 is 23.0 Å². The van der Waals surface area contributed by atoms with Crippen molar-refractivity contribution in [2.45, 2.75) is 0 Å². The zero-order valence-corrected chi connectivity index (χ0v) is 16.5. The molecule has 0 aliphatic rings. The maximum Gasteiger partial charge on any atom is 0.228 e. The van der Waals surface area contributed by atoms with Crippen LogP contribution >= 0.6 is 0 Å². The molecule has 0 unspecified atom stereocenters. The quantitative estimate of drug-likeness (QED) is 0.329. The second-order valence-corrected chi connectivity index (χ2v) is 6.77. The molecule has 0 saturated carbocycles.